The standard InChI is InChI=1S/C13H24N2O3S/c1-12(2,3)9(10(16)17)14-11(18)15-6-7-19-13(4,5)8-15/h9H,6-8H2,1-5H3,(H,14,18)(H,16,17)/t9-/m0/s1. The van der Waals surface area contributed by atoms with Gasteiger partial charge in [-0.1, -0.05) is 20.8 Å². The first-order valence-electron chi connectivity index (χ1n) is 6.45. The highest BCUT2D eigenvalue weighted by molar-refractivity contribution is 8.00. The second-order valence-electron chi connectivity index (χ2n) is 6.62. The fraction of sp³-hybridized carbons (Fsp3) is 0.846. The Bertz CT molecular complexity index is 363. The van der Waals surface area contributed by atoms with Crippen molar-refractivity contribution in [2.24, 2.45) is 5.41 Å². The number of carboxylic acid groups (broad SMARTS) is 1. The smallest absolute Gasteiger partial charge is 0.326 e. The van der Waals surface area contributed by atoms with Crippen LogP contribution >= 0.6 is 11.8 Å². The first-order valence-corrected chi connectivity index (χ1v) is 7.44. The Kier molecular flexibility index (Phi) is 4.76. The molecular weight excluding hydrogens is 264 g/mol. The second-order valence-corrected chi connectivity index (χ2v) is 8.42. The first kappa shape index (κ1) is 16.1. The highest BCUT2D eigenvalue weighted by Crippen LogP contribution is 2.29. The lowest BCUT2D eigenvalue weighted by molar-refractivity contribution is -0.142. The highest BCUT2D eigenvalue weighted by atomic mass is 32.2. The Morgan fingerprint density at radius 1 is 1.37 bits per heavy atom. The third kappa shape index (κ3) is 4.60. The molecule has 0 saturated carbocycles. The molecule has 110 valence electrons. The zero-order chi connectivity index (χ0) is 14.8. The maximum atomic E-state index is 12.2. The molecule has 0 radical (unpaired) electrons. The van der Waals surface area contributed by atoms with Crippen molar-refractivity contribution >= 4 is 23.8 Å². The van der Waals surface area contributed by atoms with Gasteiger partial charge < -0.3 is 15.3 Å². The van der Waals surface area contributed by atoms with Crippen molar-refractivity contribution < 1.29 is 14.7 Å². The van der Waals surface area contributed by atoms with Gasteiger partial charge in [-0.25, -0.2) is 9.59 Å². The number of aliphatic carboxylic acids is 1. The third-order valence-electron chi connectivity index (χ3n) is 3.09. The van der Waals surface area contributed by atoms with E-state index >= 15 is 0 Å². The predicted octanol–water partition coefficient (Wildman–Crippen LogP) is 2.02. The number of carbonyl (C=O) groups excluding carboxylic acids is 1. The summed E-state index contributed by atoms with van der Waals surface area (Å²) < 4.78 is 0.0239. The topological polar surface area (TPSA) is 69.6 Å². The number of nitrogens with one attached hydrogen (secondary N) is 1. The summed E-state index contributed by atoms with van der Waals surface area (Å²) in [6.07, 6.45) is 0. The van der Waals surface area contributed by atoms with E-state index in [0.717, 1.165) is 5.75 Å². The lowest BCUT2D eigenvalue weighted by Gasteiger charge is -2.38. The number of rotatable bonds is 2. The molecule has 19 heavy (non-hydrogen) atoms. The largest absolute Gasteiger partial charge is 0.480 e. The van der Waals surface area contributed by atoms with E-state index in [0.29, 0.717) is 13.1 Å². The fourth-order valence-electron chi connectivity index (χ4n) is 2.05. The maximum Gasteiger partial charge on any atom is 0.326 e. The molecule has 6 heteroatoms. The van der Waals surface area contributed by atoms with Crippen LogP contribution in [0.5, 0.6) is 0 Å². The molecule has 2 amide bonds. The van der Waals surface area contributed by atoms with E-state index in [-0.39, 0.29) is 10.8 Å². The van der Waals surface area contributed by atoms with Crippen molar-refractivity contribution in [2.45, 2.75) is 45.4 Å². The Labute approximate surface area is 119 Å². The lowest BCUT2D eigenvalue weighted by Crippen LogP contribution is -2.56. The van der Waals surface area contributed by atoms with Crippen molar-refractivity contribution in [3.8, 4) is 0 Å². The van der Waals surface area contributed by atoms with E-state index in [2.05, 4.69) is 19.2 Å². The number of carbonyl (C=O) groups is 2. The Balaban J connectivity index is 2.70. The number of carboxylic acids is 1. The molecule has 0 aromatic heterocycles. The van der Waals surface area contributed by atoms with Crippen molar-refractivity contribution in [3.63, 3.8) is 0 Å². The van der Waals surface area contributed by atoms with Crippen LogP contribution in [0.4, 0.5) is 4.79 Å². The van der Waals surface area contributed by atoms with Gasteiger partial charge in [-0.05, 0) is 19.3 Å². The van der Waals surface area contributed by atoms with Crippen LogP contribution < -0.4 is 5.32 Å². The molecule has 0 aromatic rings. The SMILES string of the molecule is CC1(C)CN(C(=O)N[C@@H](C(=O)O)C(C)(C)C)CCS1. The van der Waals surface area contributed by atoms with E-state index in [1.54, 1.807) is 4.90 Å². The van der Waals surface area contributed by atoms with Gasteiger partial charge in [0.05, 0.1) is 0 Å². The highest BCUT2D eigenvalue weighted by Gasteiger charge is 2.36. The quantitative estimate of drug-likeness (QED) is 0.815. The molecule has 0 aliphatic carbocycles. The molecule has 1 atom stereocenters. The zero-order valence-electron chi connectivity index (χ0n) is 12.3. The van der Waals surface area contributed by atoms with E-state index < -0.39 is 17.4 Å². The van der Waals surface area contributed by atoms with Crippen LogP contribution in [0.25, 0.3) is 0 Å². The van der Waals surface area contributed by atoms with Gasteiger partial charge in [0.15, 0.2) is 0 Å². The Morgan fingerprint density at radius 2 is 1.95 bits per heavy atom. The molecule has 2 N–H and O–H groups in total. The first-order chi connectivity index (χ1) is 8.53. The normalized spacial score (nSPS) is 20.8. The molecular formula is C13H24N2O3S. The minimum Gasteiger partial charge on any atom is -0.480 e. The van der Waals surface area contributed by atoms with Crippen molar-refractivity contribution in [1.82, 2.24) is 10.2 Å². The minimum atomic E-state index is -0.994. The van der Waals surface area contributed by atoms with Gasteiger partial charge in [-0.3, -0.25) is 0 Å². The minimum absolute atomic E-state index is 0.0239. The van der Waals surface area contributed by atoms with Crippen LogP contribution in [0.15, 0.2) is 0 Å². The van der Waals surface area contributed by atoms with Crippen molar-refractivity contribution in [2.75, 3.05) is 18.8 Å². The summed E-state index contributed by atoms with van der Waals surface area (Å²) in [5.41, 5.74) is -0.512. The molecule has 1 heterocycles. The number of hydrogen-bond donors (Lipinski definition) is 2. The van der Waals surface area contributed by atoms with Crippen LogP contribution in [-0.2, 0) is 4.79 Å². The summed E-state index contributed by atoms with van der Waals surface area (Å²) in [4.78, 5) is 25.2. The Morgan fingerprint density at radius 3 is 2.37 bits per heavy atom. The number of hydrogen-bond acceptors (Lipinski definition) is 3. The molecule has 5 nitrogen and oxygen atoms in total. The van der Waals surface area contributed by atoms with Gasteiger partial charge in [-0.15, -0.1) is 0 Å². The number of amides is 2. The number of thioether (sulfide) groups is 1. The molecule has 1 aliphatic rings. The number of nitrogens with zero attached hydrogens (tertiary/aromatic N) is 1. The average molecular weight is 288 g/mol. The summed E-state index contributed by atoms with van der Waals surface area (Å²) in [6.45, 7) is 10.9. The summed E-state index contributed by atoms with van der Waals surface area (Å²) in [6, 6.07) is -1.16. The van der Waals surface area contributed by atoms with Gasteiger partial charge >= 0.3 is 12.0 Å². The molecule has 1 rings (SSSR count). The zero-order valence-corrected chi connectivity index (χ0v) is 13.1. The summed E-state index contributed by atoms with van der Waals surface area (Å²) >= 11 is 1.83. The maximum absolute atomic E-state index is 12.2. The molecule has 0 bridgehead atoms. The van der Waals surface area contributed by atoms with Gasteiger partial charge in [0.2, 0.25) is 0 Å². The molecule has 0 spiro atoms. The van der Waals surface area contributed by atoms with Crippen molar-refractivity contribution in [1.29, 1.82) is 0 Å². The van der Waals surface area contributed by atoms with E-state index in [9.17, 15) is 14.7 Å². The average Bonchev–Trinajstić information content (AvgIpc) is 2.21. The van der Waals surface area contributed by atoms with Gasteiger partial charge in [0.1, 0.15) is 6.04 Å². The summed E-state index contributed by atoms with van der Waals surface area (Å²) in [5, 5.41) is 11.9. The van der Waals surface area contributed by atoms with E-state index in [1.165, 1.54) is 0 Å². The summed E-state index contributed by atoms with van der Waals surface area (Å²) in [7, 11) is 0. The lowest BCUT2D eigenvalue weighted by atomic mass is 9.87. The molecule has 0 aromatic carbocycles. The van der Waals surface area contributed by atoms with Gasteiger partial charge in [0, 0.05) is 23.6 Å². The van der Waals surface area contributed by atoms with Gasteiger partial charge in [-0.2, -0.15) is 11.8 Å². The van der Waals surface area contributed by atoms with E-state index in [4.69, 9.17) is 0 Å². The van der Waals surface area contributed by atoms with E-state index in [1.807, 2.05) is 32.5 Å². The van der Waals surface area contributed by atoms with Crippen LogP contribution in [0.3, 0.4) is 0 Å². The number of urea groups is 1. The summed E-state index contributed by atoms with van der Waals surface area (Å²) in [5.74, 6) is -0.111. The Hall–Kier alpha value is -0.910. The van der Waals surface area contributed by atoms with Gasteiger partial charge in [0.25, 0.3) is 0 Å². The van der Waals surface area contributed by atoms with Crippen LogP contribution in [0.2, 0.25) is 0 Å². The molecule has 1 aliphatic heterocycles. The molecule has 0 unspecified atom stereocenters. The fourth-order valence-corrected chi connectivity index (χ4v) is 3.16. The predicted molar refractivity (Wildman–Crippen MR) is 77.5 cm³/mol. The van der Waals surface area contributed by atoms with Crippen LogP contribution in [0, 0.1) is 5.41 Å². The van der Waals surface area contributed by atoms with Crippen LogP contribution in [0.1, 0.15) is 34.6 Å². The molecule has 1 fully saturated rings. The third-order valence-corrected chi connectivity index (χ3v) is 4.39. The van der Waals surface area contributed by atoms with Crippen molar-refractivity contribution in [3.05, 3.63) is 0 Å². The second kappa shape index (κ2) is 5.61. The van der Waals surface area contributed by atoms with Crippen LogP contribution in [-0.4, -0.2) is 51.6 Å². The monoisotopic (exact) mass is 288 g/mol. The molecule has 1 saturated heterocycles.